The fourth-order valence-electron chi connectivity index (χ4n) is 1.42. The number of methoxy groups -OCH3 is 1. The van der Waals surface area contributed by atoms with E-state index >= 15 is 0 Å². The van der Waals surface area contributed by atoms with Gasteiger partial charge in [-0.3, -0.25) is 0 Å². The van der Waals surface area contributed by atoms with Gasteiger partial charge in [-0.25, -0.2) is 22.9 Å². The number of benzene rings is 1. The second-order valence-electron chi connectivity index (χ2n) is 3.77. The molecule has 0 unspecified atom stereocenters. The van der Waals surface area contributed by atoms with E-state index in [1.54, 1.807) is 12.1 Å². The Morgan fingerprint density at radius 2 is 1.89 bits per heavy atom. The van der Waals surface area contributed by atoms with Crippen LogP contribution in [0, 0.1) is 0 Å². The molecule has 1 aromatic carbocycles. The highest BCUT2D eigenvalue weighted by Crippen LogP contribution is 2.13. The molecule has 0 aliphatic rings. The summed E-state index contributed by atoms with van der Waals surface area (Å²) in [6, 6.07) is 6.08. The van der Waals surface area contributed by atoms with E-state index in [2.05, 4.69) is 14.8 Å². The molecule has 1 heterocycles. The summed E-state index contributed by atoms with van der Waals surface area (Å²) in [6.45, 7) is 0. The van der Waals surface area contributed by atoms with E-state index < -0.39 is 15.8 Å². The molecule has 7 nitrogen and oxygen atoms in total. The van der Waals surface area contributed by atoms with Gasteiger partial charge in [0, 0.05) is 6.26 Å². The summed E-state index contributed by atoms with van der Waals surface area (Å²) >= 11 is 0. The second-order valence-corrected chi connectivity index (χ2v) is 5.79. The number of nitrogens with zero attached hydrogens (tertiary/aromatic N) is 3. The lowest BCUT2D eigenvalue weighted by molar-refractivity contribution is 0.0587. The zero-order valence-corrected chi connectivity index (χ0v) is 11.1. The van der Waals surface area contributed by atoms with Gasteiger partial charge in [0.1, 0.15) is 6.33 Å². The smallest absolute Gasteiger partial charge is 0.377 e. The summed E-state index contributed by atoms with van der Waals surface area (Å²) < 4.78 is 28.5. The zero-order valence-electron chi connectivity index (χ0n) is 10.3. The SMILES string of the molecule is COC(=O)c1ncn(-c2ccc(S(C)(=O)=O)cc2)n1. The molecule has 19 heavy (non-hydrogen) atoms. The average Bonchev–Trinajstić information content (AvgIpc) is 2.86. The fourth-order valence-corrected chi connectivity index (χ4v) is 2.05. The summed E-state index contributed by atoms with van der Waals surface area (Å²) in [6.07, 6.45) is 2.48. The van der Waals surface area contributed by atoms with Gasteiger partial charge in [0.2, 0.25) is 0 Å². The maximum atomic E-state index is 11.3. The molecule has 0 N–H and O–H groups in total. The summed E-state index contributed by atoms with van der Waals surface area (Å²) in [5.41, 5.74) is 0.593. The van der Waals surface area contributed by atoms with Crippen LogP contribution >= 0.6 is 0 Å². The van der Waals surface area contributed by atoms with Crippen LogP contribution in [0.3, 0.4) is 0 Å². The second kappa shape index (κ2) is 4.81. The molecule has 2 aromatic rings. The molecule has 0 fully saturated rings. The van der Waals surface area contributed by atoms with Crippen LogP contribution in [0.4, 0.5) is 0 Å². The van der Waals surface area contributed by atoms with Crippen molar-refractivity contribution in [1.82, 2.24) is 14.8 Å². The van der Waals surface area contributed by atoms with E-state index in [-0.39, 0.29) is 10.7 Å². The molecule has 0 aliphatic carbocycles. The van der Waals surface area contributed by atoms with E-state index in [0.29, 0.717) is 5.69 Å². The molecule has 0 atom stereocenters. The zero-order chi connectivity index (χ0) is 14.0. The first-order chi connectivity index (χ1) is 8.91. The van der Waals surface area contributed by atoms with Crippen molar-refractivity contribution in [2.24, 2.45) is 0 Å². The number of rotatable bonds is 3. The number of sulfone groups is 1. The van der Waals surface area contributed by atoms with Crippen molar-refractivity contribution in [1.29, 1.82) is 0 Å². The Balaban J connectivity index is 2.33. The molecular formula is C11H11N3O4S. The highest BCUT2D eigenvalue weighted by Gasteiger charge is 2.12. The molecule has 0 bridgehead atoms. The first-order valence-corrected chi connectivity index (χ1v) is 7.11. The largest absolute Gasteiger partial charge is 0.463 e. The number of esters is 1. The number of ether oxygens (including phenoxy) is 1. The molecule has 2 rings (SSSR count). The minimum atomic E-state index is -3.23. The van der Waals surface area contributed by atoms with Crippen LogP contribution in [-0.4, -0.2) is 42.5 Å². The normalized spacial score (nSPS) is 11.3. The molecule has 0 radical (unpaired) electrons. The average molecular weight is 281 g/mol. The van der Waals surface area contributed by atoms with Crippen LogP contribution in [0.5, 0.6) is 0 Å². The van der Waals surface area contributed by atoms with Crippen molar-refractivity contribution in [3.05, 3.63) is 36.4 Å². The van der Waals surface area contributed by atoms with Crippen LogP contribution in [0.2, 0.25) is 0 Å². The summed E-state index contributed by atoms with van der Waals surface area (Å²) in [5, 5.41) is 3.92. The van der Waals surface area contributed by atoms with E-state index in [9.17, 15) is 13.2 Å². The Kier molecular flexibility index (Phi) is 3.34. The van der Waals surface area contributed by atoms with Gasteiger partial charge < -0.3 is 4.74 Å². The monoisotopic (exact) mass is 281 g/mol. The van der Waals surface area contributed by atoms with Crippen molar-refractivity contribution in [2.45, 2.75) is 4.90 Å². The van der Waals surface area contributed by atoms with Crippen LogP contribution in [-0.2, 0) is 14.6 Å². The lowest BCUT2D eigenvalue weighted by Crippen LogP contribution is -2.05. The third-order valence-electron chi connectivity index (χ3n) is 2.39. The highest BCUT2D eigenvalue weighted by molar-refractivity contribution is 7.90. The minimum absolute atomic E-state index is 0.0605. The van der Waals surface area contributed by atoms with E-state index in [4.69, 9.17) is 0 Å². The van der Waals surface area contributed by atoms with Crippen LogP contribution in [0.15, 0.2) is 35.5 Å². The van der Waals surface area contributed by atoms with Gasteiger partial charge in [-0.2, -0.15) is 0 Å². The van der Waals surface area contributed by atoms with Crippen molar-refractivity contribution in [3.8, 4) is 5.69 Å². The molecule has 100 valence electrons. The molecule has 0 spiro atoms. The van der Waals surface area contributed by atoms with Crippen molar-refractivity contribution >= 4 is 15.8 Å². The van der Waals surface area contributed by atoms with Gasteiger partial charge >= 0.3 is 5.97 Å². The van der Waals surface area contributed by atoms with Gasteiger partial charge in [0.15, 0.2) is 9.84 Å². The molecule has 8 heteroatoms. The lowest BCUT2D eigenvalue weighted by atomic mass is 10.3. The maximum Gasteiger partial charge on any atom is 0.377 e. The Labute approximate surface area is 109 Å². The van der Waals surface area contributed by atoms with Crippen LogP contribution < -0.4 is 0 Å². The Morgan fingerprint density at radius 1 is 1.26 bits per heavy atom. The molecule has 0 saturated carbocycles. The van der Waals surface area contributed by atoms with Crippen molar-refractivity contribution < 1.29 is 17.9 Å². The molecule has 0 aliphatic heterocycles. The third-order valence-corrected chi connectivity index (χ3v) is 3.52. The first kappa shape index (κ1) is 13.2. The first-order valence-electron chi connectivity index (χ1n) is 5.22. The Morgan fingerprint density at radius 3 is 2.42 bits per heavy atom. The molecule has 0 saturated heterocycles. The van der Waals surface area contributed by atoms with E-state index in [0.717, 1.165) is 6.26 Å². The predicted molar refractivity (Wildman–Crippen MR) is 65.8 cm³/mol. The van der Waals surface area contributed by atoms with Crippen molar-refractivity contribution in [3.63, 3.8) is 0 Å². The van der Waals surface area contributed by atoms with E-state index in [1.165, 1.54) is 30.3 Å². The Bertz CT molecular complexity index is 704. The third kappa shape index (κ3) is 2.79. The Hall–Kier alpha value is -2.22. The van der Waals surface area contributed by atoms with Gasteiger partial charge in [0.05, 0.1) is 17.7 Å². The van der Waals surface area contributed by atoms with E-state index in [1.807, 2.05) is 0 Å². The maximum absolute atomic E-state index is 11.3. The van der Waals surface area contributed by atoms with Crippen LogP contribution in [0.25, 0.3) is 5.69 Å². The lowest BCUT2D eigenvalue weighted by Gasteiger charge is -2.02. The predicted octanol–water partition coefficient (Wildman–Crippen LogP) is 0.457. The summed E-state index contributed by atoms with van der Waals surface area (Å²) in [4.78, 5) is 15.2. The highest BCUT2D eigenvalue weighted by atomic mass is 32.2. The summed E-state index contributed by atoms with van der Waals surface area (Å²) in [7, 11) is -1.99. The quantitative estimate of drug-likeness (QED) is 0.759. The standard InChI is InChI=1S/C11H11N3O4S/c1-18-11(15)10-12-7-14(13-10)8-3-5-9(6-4-8)19(2,16)17/h3-7H,1-2H3. The van der Waals surface area contributed by atoms with Crippen LogP contribution in [0.1, 0.15) is 10.6 Å². The fraction of sp³-hybridized carbons (Fsp3) is 0.182. The number of carbonyl (C=O) groups is 1. The van der Waals surface area contributed by atoms with Gasteiger partial charge in [-0.15, -0.1) is 5.10 Å². The molecule has 0 amide bonds. The van der Waals surface area contributed by atoms with Crippen molar-refractivity contribution in [2.75, 3.05) is 13.4 Å². The summed E-state index contributed by atoms with van der Waals surface area (Å²) in [5.74, 6) is -0.693. The molecule has 1 aromatic heterocycles. The number of hydrogen-bond donors (Lipinski definition) is 0. The topological polar surface area (TPSA) is 91.1 Å². The molecular weight excluding hydrogens is 270 g/mol. The number of aromatic nitrogens is 3. The number of hydrogen-bond acceptors (Lipinski definition) is 6. The number of carbonyl (C=O) groups excluding carboxylic acids is 1. The van der Waals surface area contributed by atoms with Gasteiger partial charge in [0.25, 0.3) is 5.82 Å². The van der Waals surface area contributed by atoms with Gasteiger partial charge in [-0.1, -0.05) is 0 Å². The minimum Gasteiger partial charge on any atom is -0.463 e. The van der Waals surface area contributed by atoms with Gasteiger partial charge in [-0.05, 0) is 24.3 Å².